The lowest BCUT2D eigenvalue weighted by Crippen LogP contribution is -2.35. The first-order valence-electron chi connectivity index (χ1n) is 8.57. The molecule has 0 spiro atoms. The van der Waals surface area contributed by atoms with E-state index >= 15 is 0 Å². The van der Waals surface area contributed by atoms with Crippen molar-refractivity contribution >= 4 is 40.1 Å². The van der Waals surface area contributed by atoms with Crippen LogP contribution in [-0.2, 0) is 16.0 Å². The van der Waals surface area contributed by atoms with Crippen molar-refractivity contribution in [3.63, 3.8) is 0 Å². The number of carboxylic acids is 1. The maximum atomic E-state index is 13.0. The Morgan fingerprint density at radius 3 is 2.50 bits per heavy atom. The molecule has 1 N–H and O–H groups in total. The lowest BCUT2D eigenvalue weighted by atomic mass is 9.95. The second-order valence-corrected chi connectivity index (χ2v) is 7.40. The van der Waals surface area contributed by atoms with Gasteiger partial charge in [-0.05, 0) is 24.1 Å². The molecule has 0 saturated carbocycles. The molecule has 2 aromatic carbocycles. The number of benzene rings is 2. The van der Waals surface area contributed by atoms with Crippen molar-refractivity contribution in [1.29, 1.82) is 0 Å². The third-order valence-electron chi connectivity index (χ3n) is 4.24. The van der Waals surface area contributed by atoms with Crippen molar-refractivity contribution in [3.8, 4) is 11.4 Å². The van der Waals surface area contributed by atoms with Crippen LogP contribution in [0.3, 0.4) is 0 Å². The van der Waals surface area contributed by atoms with Crippen LogP contribution in [0.15, 0.2) is 54.6 Å². The van der Waals surface area contributed by atoms with Gasteiger partial charge in [-0.1, -0.05) is 54.1 Å². The zero-order valence-corrected chi connectivity index (χ0v) is 16.7. The molecule has 0 radical (unpaired) electrons. The normalized spacial score (nSPS) is 11.8. The van der Waals surface area contributed by atoms with Crippen molar-refractivity contribution in [3.05, 3.63) is 65.2 Å². The lowest BCUT2D eigenvalue weighted by molar-refractivity contribution is -0.140. The minimum atomic E-state index is -1.02. The van der Waals surface area contributed by atoms with E-state index in [4.69, 9.17) is 11.6 Å². The van der Waals surface area contributed by atoms with Gasteiger partial charge in [0, 0.05) is 24.1 Å². The first kappa shape index (κ1) is 20.0. The number of carboxylic acid groups (broad SMARTS) is 1. The number of carbonyl (C=O) groups is 2. The first-order chi connectivity index (χ1) is 13.5. The Bertz CT molecular complexity index is 978. The van der Waals surface area contributed by atoms with E-state index in [1.54, 1.807) is 19.2 Å². The van der Waals surface area contributed by atoms with Gasteiger partial charge in [-0.25, -0.2) is 0 Å². The quantitative estimate of drug-likeness (QED) is 0.626. The van der Waals surface area contributed by atoms with Gasteiger partial charge in [0.15, 0.2) is 5.82 Å². The zero-order chi connectivity index (χ0) is 20.1. The van der Waals surface area contributed by atoms with Crippen LogP contribution in [-0.4, -0.2) is 33.4 Å². The van der Waals surface area contributed by atoms with E-state index in [1.165, 1.54) is 4.90 Å². The van der Waals surface area contributed by atoms with E-state index in [0.717, 1.165) is 17.1 Å². The van der Waals surface area contributed by atoms with E-state index in [2.05, 4.69) is 9.36 Å². The highest BCUT2D eigenvalue weighted by Gasteiger charge is 2.27. The van der Waals surface area contributed by atoms with Gasteiger partial charge in [-0.3, -0.25) is 14.5 Å². The molecule has 3 aromatic rings. The molecule has 1 heterocycles. The molecule has 1 amide bonds. The summed E-state index contributed by atoms with van der Waals surface area (Å²) in [5.41, 5.74) is 1.59. The van der Waals surface area contributed by atoms with Gasteiger partial charge in [0.1, 0.15) is 0 Å². The summed E-state index contributed by atoms with van der Waals surface area (Å²) in [7, 11) is 1.58. The van der Waals surface area contributed by atoms with Crippen LogP contribution < -0.4 is 4.90 Å². The molecule has 8 heteroatoms. The van der Waals surface area contributed by atoms with Crippen LogP contribution in [0.5, 0.6) is 0 Å². The van der Waals surface area contributed by atoms with Crippen molar-refractivity contribution in [1.82, 2.24) is 9.36 Å². The average Bonchev–Trinajstić information content (AvgIpc) is 3.17. The Morgan fingerprint density at radius 2 is 1.82 bits per heavy atom. The number of carbonyl (C=O) groups excluding carboxylic acids is 1. The Balaban J connectivity index is 1.81. The lowest BCUT2D eigenvalue weighted by Gasteiger charge is -2.20. The Labute approximate surface area is 171 Å². The summed E-state index contributed by atoms with van der Waals surface area (Å²) in [5, 5.41) is 10.1. The summed E-state index contributed by atoms with van der Waals surface area (Å²) in [6.07, 6.45) is 0.0841. The van der Waals surface area contributed by atoms with E-state index in [-0.39, 0.29) is 12.3 Å². The topological polar surface area (TPSA) is 83.4 Å². The predicted octanol–water partition coefficient (Wildman–Crippen LogP) is 4.15. The molecule has 0 aliphatic heterocycles. The summed E-state index contributed by atoms with van der Waals surface area (Å²) in [6, 6.07) is 16.6. The number of halogens is 1. The number of aromatic nitrogens is 2. The van der Waals surface area contributed by atoms with Gasteiger partial charge in [-0.15, -0.1) is 0 Å². The highest BCUT2D eigenvalue weighted by atomic mass is 35.5. The monoisotopic (exact) mass is 415 g/mol. The standard InChI is InChI=1S/C20H18ClN3O3S/c1-24(20-22-18(23-28-20)15-9-5-6-10-16(15)21)19(27)14(12-17(25)26)11-13-7-3-2-4-8-13/h2-10,14H,11-12H2,1H3,(H,25,26)/t14-/m1/s1. The van der Waals surface area contributed by atoms with E-state index in [9.17, 15) is 14.7 Å². The van der Waals surface area contributed by atoms with E-state index in [0.29, 0.717) is 28.0 Å². The molecule has 0 fully saturated rings. The zero-order valence-electron chi connectivity index (χ0n) is 15.1. The fraction of sp³-hybridized carbons (Fsp3) is 0.200. The molecular weight excluding hydrogens is 398 g/mol. The Kier molecular flexibility index (Phi) is 6.38. The van der Waals surface area contributed by atoms with Crippen LogP contribution in [0.2, 0.25) is 5.02 Å². The number of rotatable bonds is 7. The fourth-order valence-electron chi connectivity index (χ4n) is 2.83. The third kappa shape index (κ3) is 4.74. The summed E-state index contributed by atoms with van der Waals surface area (Å²) in [4.78, 5) is 30.0. The summed E-state index contributed by atoms with van der Waals surface area (Å²) in [5.74, 6) is -1.59. The van der Waals surface area contributed by atoms with Gasteiger partial charge >= 0.3 is 5.97 Å². The van der Waals surface area contributed by atoms with Crippen molar-refractivity contribution in [2.45, 2.75) is 12.8 Å². The maximum Gasteiger partial charge on any atom is 0.304 e. The van der Waals surface area contributed by atoms with Gasteiger partial charge in [-0.2, -0.15) is 9.36 Å². The van der Waals surface area contributed by atoms with Crippen molar-refractivity contribution < 1.29 is 14.7 Å². The van der Waals surface area contributed by atoms with E-state index in [1.807, 2.05) is 42.5 Å². The molecule has 1 aromatic heterocycles. The molecular formula is C20H18ClN3O3S. The second-order valence-electron chi connectivity index (χ2n) is 6.26. The van der Waals surface area contributed by atoms with Crippen LogP contribution in [0.1, 0.15) is 12.0 Å². The van der Waals surface area contributed by atoms with Crippen LogP contribution in [0.25, 0.3) is 11.4 Å². The fourth-order valence-corrected chi connectivity index (χ4v) is 3.70. The van der Waals surface area contributed by atoms with E-state index < -0.39 is 11.9 Å². The van der Waals surface area contributed by atoms with Crippen molar-refractivity contribution in [2.24, 2.45) is 5.92 Å². The largest absolute Gasteiger partial charge is 0.481 e. The number of amides is 1. The van der Waals surface area contributed by atoms with Gasteiger partial charge in [0.05, 0.1) is 17.4 Å². The number of nitrogens with zero attached hydrogens (tertiary/aromatic N) is 3. The molecule has 28 heavy (non-hydrogen) atoms. The molecule has 0 bridgehead atoms. The highest BCUT2D eigenvalue weighted by molar-refractivity contribution is 7.10. The minimum Gasteiger partial charge on any atom is -0.481 e. The van der Waals surface area contributed by atoms with Gasteiger partial charge < -0.3 is 5.11 Å². The van der Waals surface area contributed by atoms with Crippen LogP contribution in [0.4, 0.5) is 5.13 Å². The minimum absolute atomic E-state index is 0.256. The smallest absolute Gasteiger partial charge is 0.304 e. The Morgan fingerprint density at radius 1 is 1.14 bits per heavy atom. The molecule has 6 nitrogen and oxygen atoms in total. The summed E-state index contributed by atoms with van der Waals surface area (Å²) >= 11 is 7.26. The summed E-state index contributed by atoms with van der Waals surface area (Å²) < 4.78 is 4.29. The number of aliphatic carboxylic acids is 1. The molecule has 144 valence electrons. The Hall–Kier alpha value is -2.77. The van der Waals surface area contributed by atoms with Crippen molar-refractivity contribution in [2.75, 3.05) is 11.9 Å². The highest BCUT2D eigenvalue weighted by Crippen LogP contribution is 2.29. The van der Waals surface area contributed by atoms with Gasteiger partial charge in [0.25, 0.3) is 0 Å². The third-order valence-corrected chi connectivity index (χ3v) is 5.37. The van der Waals surface area contributed by atoms with Crippen LogP contribution in [0, 0.1) is 5.92 Å². The first-order valence-corrected chi connectivity index (χ1v) is 9.72. The SMILES string of the molecule is CN(C(=O)[C@@H](CC(=O)O)Cc1ccccc1)c1nc(-c2ccccc2Cl)ns1. The molecule has 0 aliphatic rings. The second kappa shape index (κ2) is 8.95. The molecule has 0 saturated heterocycles. The summed E-state index contributed by atoms with van der Waals surface area (Å²) in [6.45, 7) is 0. The average molecular weight is 416 g/mol. The van der Waals surface area contributed by atoms with Gasteiger partial charge in [0.2, 0.25) is 11.0 Å². The maximum absolute atomic E-state index is 13.0. The van der Waals surface area contributed by atoms with Crippen LogP contribution >= 0.6 is 23.1 Å². The molecule has 0 aliphatic carbocycles. The molecule has 0 unspecified atom stereocenters. The number of hydrogen-bond acceptors (Lipinski definition) is 5. The molecule has 1 atom stereocenters. The number of anilines is 1. The molecule has 3 rings (SSSR count). The number of hydrogen-bond donors (Lipinski definition) is 1. The predicted molar refractivity (Wildman–Crippen MR) is 110 cm³/mol.